The first-order valence-electron chi connectivity index (χ1n) is 17.1. The smallest absolute Gasteiger partial charge is 0.167 e. The maximum absolute atomic E-state index is 6.48. The van der Waals surface area contributed by atoms with Gasteiger partial charge in [-0.15, -0.1) is 0 Å². The van der Waals surface area contributed by atoms with E-state index in [-0.39, 0.29) is 0 Å². The van der Waals surface area contributed by atoms with Crippen molar-refractivity contribution in [2.45, 2.75) is 0 Å². The number of para-hydroxylation sites is 2. The predicted octanol–water partition coefficient (Wildman–Crippen LogP) is 12.4. The van der Waals surface area contributed by atoms with Crippen molar-refractivity contribution in [3.05, 3.63) is 176 Å². The number of aromatic nitrogens is 3. The average Bonchev–Trinajstić information content (AvgIpc) is 3.59. The van der Waals surface area contributed by atoms with E-state index in [1.807, 2.05) is 36.4 Å². The Bertz CT molecular complexity index is 2920. The van der Waals surface area contributed by atoms with Crippen LogP contribution in [0.2, 0.25) is 0 Å². The van der Waals surface area contributed by atoms with Gasteiger partial charge in [-0.1, -0.05) is 152 Å². The molecule has 4 heteroatoms. The Labute approximate surface area is 294 Å². The quantitative estimate of drug-likeness (QED) is 0.186. The van der Waals surface area contributed by atoms with Crippen LogP contribution < -0.4 is 0 Å². The molecule has 0 aliphatic heterocycles. The zero-order chi connectivity index (χ0) is 33.7. The van der Waals surface area contributed by atoms with Crippen molar-refractivity contribution in [1.82, 2.24) is 15.0 Å². The van der Waals surface area contributed by atoms with Crippen LogP contribution in [0, 0.1) is 0 Å². The maximum Gasteiger partial charge on any atom is 0.167 e. The van der Waals surface area contributed by atoms with Crippen molar-refractivity contribution in [1.29, 1.82) is 0 Å². The molecule has 10 rings (SSSR count). The topological polar surface area (TPSA) is 51.8 Å². The van der Waals surface area contributed by atoms with Gasteiger partial charge >= 0.3 is 0 Å². The van der Waals surface area contributed by atoms with Crippen LogP contribution in [0.3, 0.4) is 0 Å². The molecule has 0 radical (unpaired) electrons. The lowest BCUT2D eigenvalue weighted by molar-refractivity contribution is 0.669. The van der Waals surface area contributed by atoms with Crippen molar-refractivity contribution in [2.24, 2.45) is 0 Å². The summed E-state index contributed by atoms with van der Waals surface area (Å²) in [7, 11) is 0. The third-order valence-corrected chi connectivity index (χ3v) is 9.75. The highest BCUT2D eigenvalue weighted by molar-refractivity contribution is 6.10. The molecule has 10 aromatic rings. The number of hydrogen-bond acceptors (Lipinski definition) is 4. The Kier molecular flexibility index (Phi) is 6.78. The first kappa shape index (κ1) is 29.0. The van der Waals surface area contributed by atoms with Gasteiger partial charge in [-0.25, -0.2) is 15.0 Å². The van der Waals surface area contributed by atoms with Gasteiger partial charge in [0.05, 0.1) is 5.56 Å². The Morgan fingerprint density at radius 1 is 0.314 bits per heavy atom. The van der Waals surface area contributed by atoms with Crippen molar-refractivity contribution in [3.8, 4) is 56.4 Å². The maximum atomic E-state index is 6.48. The molecule has 0 atom stereocenters. The molecule has 0 N–H and O–H groups in total. The van der Waals surface area contributed by atoms with Crippen molar-refractivity contribution in [3.63, 3.8) is 0 Å². The molecule has 0 amide bonds. The molecule has 0 aliphatic carbocycles. The Balaban J connectivity index is 1.22. The summed E-state index contributed by atoms with van der Waals surface area (Å²) in [5, 5.41) is 6.75. The minimum atomic E-state index is 0.562. The van der Waals surface area contributed by atoms with Gasteiger partial charge in [0.15, 0.2) is 17.5 Å². The van der Waals surface area contributed by atoms with E-state index in [1.54, 1.807) is 0 Å². The molecule has 0 unspecified atom stereocenters. The molecule has 0 spiro atoms. The van der Waals surface area contributed by atoms with Crippen LogP contribution in [0.25, 0.3) is 99.9 Å². The van der Waals surface area contributed by atoms with Gasteiger partial charge < -0.3 is 4.42 Å². The van der Waals surface area contributed by atoms with E-state index in [4.69, 9.17) is 19.4 Å². The van der Waals surface area contributed by atoms with Gasteiger partial charge in [-0.05, 0) is 68.1 Å². The summed E-state index contributed by atoms with van der Waals surface area (Å²) in [5.41, 5.74) is 8.87. The van der Waals surface area contributed by atoms with Crippen molar-refractivity contribution in [2.75, 3.05) is 0 Å². The highest BCUT2D eigenvalue weighted by Crippen LogP contribution is 2.40. The molecule has 0 bridgehead atoms. The summed E-state index contributed by atoms with van der Waals surface area (Å²) in [6.07, 6.45) is 0. The van der Waals surface area contributed by atoms with Gasteiger partial charge in [0, 0.05) is 21.9 Å². The lowest BCUT2D eigenvalue weighted by atomic mass is 9.92. The molecular formula is C47H29N3O. The standard InChI is InChI=1S/C47H29N3O/c1-2-13-30(14-3-1)32-17-10-18-33(29-32)45-48-46(50-47(49-45)42-25-12-24-40-39-22-8-9-26-43(39)51-44(40)42)41-28-27-38(36-20-6-7-21-37(36)41)35-23-11-16-31-15-4-5-19-34(31)35/h1-29H. The van der Waals surface area contributed by atoms with Gasteiger partial charge in [-0.3, -0.25) is 0 Å². The number of furan rings is 1. The predicted molar refractivity (Wildman–Crippen MR) is 209 cm³/mol. The molecule has 0 saturated carbocycles. The third kappa shape index (κ3) is 4.96. The second kappa shape index (κ2) is 11.9. The van der Waals surface area contributed by atoms with E-state index in [0.717, 1.165) is 60.5 Å². The Hall–Kier alpha value is -6.91. The van der Waals surface area contributed by atoms with E-state index in [0.29, 0.717) is 17.5 Å². The first-order chi connectivity index (χ1) is 25.3. The van der Waals surface area contributed by atoms with Crippen LogP contribution in [-0.2, 0) is 0 Å². The Morgan fingerprint density at radius 2 is 0.843 bits per heavy atom. The largest absolute Gasteiger partial charge is 0.455 e. The first-order valence-corrected chi connectivity index (χ1v) is 17.1. The molecule has 2 heterocycles. The fraction of sp³-hybridized carbons (Fsp3) is 0. The molecule has 8 aromatic carbocycles. The second-order valence-electron chi connectivity index (χ2n) is 12.8. The van der Waals surface area contributed by atoms with Crippen LogP contribution in [-0.4, -0.2) is 15.0 Å². The van der Waals surface area contributed by atoms with Gasteiger partial charge in [0.2, 0.25) is 0 Å². The second-order valence-corrected chi connectivity index (χ2v) is 12.8. The summed E-state index contributed by atoms with van der Waals surface area (Å²) < 4.78 is 6.48. The number of hydrogen-bond donors (Lipinski definition) is 0. The fourth-order valence-corrected chi connectivity index (χ4v) is 7.33. The minimum absolute atomic E-state index is 0.562. The zero-order valence-electron chi connectivity index (χ0n) is 27.5. The molecule has 2 aromatic heterocycles. The summed E-state index contributed by atoms with van der Waals surface area (Å²) in [6.45, 7) is 0. The molecule has 51 heavy (non-hydrogen) atoms. The fourth-order valence-electron chi connectivity index (χ4n) is 7.33. The molecule has 0 aliphatic rings. The minimum Gasteiger partial charge on any atom is -0.455 e. The van der Waals surface area contributed by atoms with Gasteiger partial charge in [0.25, 0.3) is 0 Å². The molecule has 4 nitrogen and oxygen atoms in total. The molecular weight excluding hydrogens is 623 g/mol. The van der Waals surface area contributed by atoms with Crippen LogP contribution >= 0.6 is 0 Å². The monoisotopic (exact) mass is 651 g/mol. The summed E-state index contributed by atoms with van der Waals surface area (Å²) in [5.74, 6) is 1.77. The summed E-state index contributed by atoms with van der Waals surface area (Å²) >= 11 is 0. The number of rotatable bonds is 5. The Morgan fingerprint density at radius 3 is 1.71 bits per heavy atom. The van der Waals surface area contributed by atoms with Crippen LogP contribution in [0.1, 0.15) is 0 Å². The summed E-state index contributed by atoms with van der Waals surface area (Å²) in [4.78, 5) is 15.6. The van der Waals surface area contributed by atoms with E-state index in [9.17, 15) is 0 Å². The van der Waals surface area contributed by atoms with Gasteiger partial charge in [-0.2, -0.15) is 0 Å². The third-order valence-electron chi connectivity index (χ3n) is 9.75. The number of benzene rings is 8. The normalized spacial score (nSPS) is 11.5. The number of nitrogens with zero attached hydrogens (tertiary/aromatic N) is 3. The molecule has 0 saturated heterocycles. The number of fused-ring (bicyclic) bond motifs is 5. The highest BCUT2D eigenvalue weighted by Gasteiger charge is 2.20. The zero-order valence-corrected chi connectivity index (χ0v) is 27.5. The van der Waals surface area contributed by atoms with Crippen molar-refractivity contribution < 1.29 is 4.42 Å². The van der Waals surface area contributed by atoms with E-state index in [1.165, 1.54) is 21.9 Å². The lowest BCUT2D eigenvalue weighted by Crippen LogP contribution is -2.01. The molecule has 238 valence electrons. The average molecular weight is 652 g/mol. The van der Waals surface area contributed by atoms with Crippen LogP contribution in [0.5, 0.6) is 0 Å². The van der Waals surface area contributed by atoms with E-state index < -0.39 is 0 Å². The van der Waals surface area contributed by atoms with E-state index >= 15 is 0 Å². The van der Waals surface area contributed by atoms with Crippen LogP contribution in [0.4, 0.5) is 0 Å². The summed E-state index contributed by atoms with van der Waals surface area (Å²) in [6, 6.07) is 61.1. The van der Waals surface area contributed by atoms with E-state index in [2.05, 4.69) is 140 Å². The highest BCUT2D eigenvalue weighted by atomic mass is 16.3. The lowest BCUT2D eigenvalue weighted by Gasteiger charge is -2.14. The van der Waals surface area contributed by atoms with Crippen molar-refractivity contribution >= 4 is 43.5 Å². The SMILES string of the molecule is c1ccc(-c2cccc(-c3nc(-c4ccc(-c5cccc6ccccc56)c5ccccc45)nc(-c4cccc5c4oc4ccccc45)n3)c2)cc1. The molecule has 0 fully saturated rings. The van der Waals surface area contributed by atoms with Gasteiger partial charge in [0.1, 0.15) is 11.2 Å². The van der Waals surface area contributed by atoms with Crippen LogP contribution in [0.15, 0.2) is 180 Å².